The summed E-state index contributed by atoms with van der Waals surface area (Å²) in [5, 5.41) is 15.7. The van der Waals surface area contributed by atoms with E-state index in [2.05, 4.69) is 4.98 Å². The maximum absolute atomic E-state index is 11.9. The molecule has 0 spiro atoms. The summed E-state index contributed by atoms with van der Waals surface area (Å²) in [7, 11) is -3.65. The summed E-state index contributed by atoms with van der Waals surface area (Å²) < 4.78 is 22.1. The standard InChI is InChI=1S/C11H14N4O5S/c1-7-9(15(17)18)2-3-10(13-7)14-5-8(4-11(14)16)6-21(12,19)20/h2-3,8H,4-6H2,1H3,(H2,12,19,20). The Morgan fingerprint density at radius 2 is 2.19 bits per heavy atom. The summed E-state index contributed by atoms with van der Waals surface area (Å²) in [6, 6.07) is 2.65. The van der Waals surface area contributed by atoms with E-state index in [4.69, 9.17) is 5.14 Å². The molecule has 2 rings (SSSR count). The third kappa shape index (κ3) is 3.52. The average molecular weight is 314 g/mol. The number of aryl methyl sites for hydroxylation is 1. The zero-order valence-corrected chi connectivity index (χ0v) is 12.0. The monoisotopic (exact) mass is 314 g/mol. The summed E-state index contributed by atoms with van der Waals surface area (Å²) in [5.41, 5.74) is 0.0617. The summed E-state index contributed by atoms with van der Waals surface area (Å²) >= 11 is 0. The second-order valence-electron chi connectivity index (χ2n) is 4.94. The van der Waals surface area contributed by atoms with Crippen molar-refractivity contribution in [3.63, 3.8) is 0 Å². The van der Waals surface area contributed by atoms with Crippen molar-refractivity contribution in [1.82, 2.24) is 4.98 Å². The number of nitro groups is 1. The molecule has 1 atom stereocenters. The van der Waals surface area contributed by atoms with E-state index in [1.54, 1.807) is 0 Å². The van der Waals surface area contributed by atoms with Crippen molar-refractivity contribution in [2.45, 2.75) is 13.3 Å². The lowest BCUT2D eigenvalue weighted by molar-refractivity contribution is -0.385. The van der Waals surface area contributed by atoms with Crippen molar-refractivity contribution in [3.05, 3.63) is 27.9 Å². The molecule has 21 heavy (non-hydrogen) atoms. The first kappa shape index (κ1) is 15.3. The number of pyridine rings is 1. The first-order valence-electron chi connectivity index (χ1n) is 6.10. The Morgan fingerprint density at radius 3 is 2.71 bits per heavy atom. The van der Waals surface area contributed by atoms with E-state index >= 15 is 0 Å². The molecular weight excluding hydrogens is 300 g/mol. The largest absolute Gasteiger partial charge is 0.296 e. The molecule has 0 aliphatic carbocycles. The quantitative estimate of drug-likeness (QED) is 0.610. The van der Waals surface area contributed by atoms with Crippen LogP contribution in [0.1, 0.15) is 12.1 Å². The van der Waals surface area contributed by atoms with Crippen LogP contribution < -0.4 is 10.0 Å². The Balaban J connectivity index is 2.21. The topological polar surface area (TPSA) is 137 Å². The lowest BCUT2D eigenvalue weighted by atomic mass is 10.1. The van der Waals surface area contributed by atoms with Crippen LogP contribution in [-0.4, -0.2) is 36.5 Å². The molecule has 2 N–H and O–H groups in total. The van der Waals surface area contributed by atoms with Gasteiger partial charge in [-0.1, -0.05) is 0 Å². The molecule has 114 valence electrons. The van der Waals surface area contributed by atoms with Crippen LogP contribution in [0.15, 0.2) is 12.1 Å². The molecule has 1 amide bonds. The third-order valence-electron chi connectivity index (χ3n) is 3.19. The smallest absolute Gasteiger partial charge is 0.290 e. The van der Waals surface area contributed by atoms with Crippen LogP contribution in [-0.2, 0) is 14.8 Å². The van der Waals surface area contributed by atoms with Crippen molar-refractivity contribution in [1.29, 1.82) is 0 Å². The van der Waals surface area contributed by atoms with Crippen LogP contribution in [0.2, 0.25) is 0 Å². The minimum absolute atomic E-state index is 0.0636. The predicted molar refractivity (Wildman–Crippen MR) is 74.1 cm³/mol. The molecule has 10 heteroatoms. The van der Waals surface area contributed by atoms with Crippen molar-refractivity contribution < 1.29 is 18.1 Å². The van der Waals surface area contributed by atoms with Gasteiger partial charge >= 0.3 is 0 Å². The Kier molecular flexibility index (Phi) is 3.92. The van der Waals surface area contributed by atoms with Gasteiger partial charge in [-0.15, -0.1) is 0 Å². The summed E-state index contributed by atoms with van der Waals surface area (Å²) in [6.07, 6.45) is 0.0636. The van der Waals surface area contributed by atoms with Gasteiger partial charge in [0.25, 0.3) is 5.69 Å². The van der Waals surface area contributed by atoms with Crippen molar-refractivity contribution in [3.8, 4) is 0 Å². The highest BCUT2D eigenvalue weighted by atomic mass is 32.2. The Morgan fingerprint density at radius 1 is 1.52 bits per heavy atom. The maximum Gasteiger partial charge on any atom is 0.290 e. The molecule has 0 radical (unpaired) electrons. The van der Waals surface area contributed by atoms with Gasteiger partial charge in [-0.3, -0.25) is 19.8 Å². The number of hydrogen-bond donors (Lipinski definition) is 1. The Hall–Kier alpha value is -2.07. The normalized spacial score (nSPS) is 19.0. The van der Waals surface area contributed by atoms with E-state index < -0.39 is 20.9 Å². The fourth-order valence-electron chi connectivity index (χ4n) is 2.33. The summed E-state index contributed by atoms with van der Waals surface area (Å²) in [6.45, 7) is 1.66. The average Bonchev–Trinajstić information content (AvgIpc) is 2.66. The molecule has 1 unspecified atom stereocenters. The highest BCUT2D eigenvalue weighted by Crippen LogP contribution is 2.26. The van der Waals surface area contributed by atoms with Crippen molar-refractivity contribution in [2.24, 2.45) is 11.1 Å². The zero-order chi connectivity index (χ0) is 15.8. The molecule has 0 bridgehead atoms. The third-order valence-corrected chi connectivity index (χ3v) is 4.13. The molecule has 0 saturated carbocycles. The Bertz CT molecular complexity index is 703. The number of sulfonamides is 1. The number of hydrogen-bond acceptors (Lipinski definition) is 6. The van der Waals surface area contributed by atoms with Gasteiger partial charge < -0.3 is 0 Å². The van der Waals surface area contributed by atoms with Crippen molar-refractivity contribution >= 4 is 27.4 Å². The lowest BCUT2D eigenvalue weighted by Gasteiger charge is -2.15. The predicted octanol–water partition coefficient (Wildman–Crippen LogP) is -0.0604. The number of nitrogens with zero attached hydrogens (tertiary/aromatic N) is 3. The van der Waals surface area contributed by atoms with Crippen LogP contribution in [0.3, 0.4) is 0 Å². The number of primary sulfonamides is 1. The fourth-order valence-corrected chi connectivity index (χ4v) is 3.21. The number of carbonyl (C=O) groups excluding carboxylic acids is 1. The highest BCUT2D eigenvalue weighted by Gasteiger charge is 2.33. The van der Waals surface area contributed by atoms with Crippen LogP contribution in [0.4, 0.5) is 11.5 Å². The molecule has 2 heterocycles. The highest BCUT2D eigenvalue weighted by molar-refractivity contribution is 7.89. The van der Waals surface area contributed by atoms with Gasteiger partial charge in [0.2, 0.25) is 15.9 Å². The molecule has 9 nitrogen and oxygen atoms in total. The molecule has 1 saturated heterocycles. The number of rotatable bonds is 4. The zero-order valence-electron chi connectivity index (χ0n) is 11.2. The molecule has 0 aromatic carbocycles. The number of carbonyl (C=O) groups is 1. The maximum atomic E-state index is 11.9. The van der Waals surface area contributed by atoms with E-state index in [0.717, 1.165) is 0 Å². The first-order chi connectivity index (χ1) is 9.67. The van der Waals surface area contributed by atoms with E-state index in [-0.39, 0.29) is 41.8 Å². The molecule has 1 aromatic rings. The number of amides is 1. The van der Waals surface area contributed by atoms with Gasteiger partial charge in [0.15, 0.2) is 0 Å². The second kappa shape index (κ2) is 5.37. The fraction of sp³-hybridized carbons (Fsp3) is 0.455. The molecule has 1 fully saturated rings. The minimum Gasteiger partial charge on any atom is -0.296 e. The van der Waals surface area contributed by atoms with Crippen LogP contribution in [0.5, 0.6) is 0 Å². The molecule has 1 aliphatic rings. The van der Waals surface area contributed by atoms with Crippen LogP contribution >= 0.6 is 0 Å². The van der Waals surface area contributed by atoms with E-state index in [1.807, 2.05) is 0 Å². The SMILES string of the molecule is Cc1nc(N2CC(CS(N)(=O)=O)CC2=O)ccc1[N+](=O)[O-]. The Labute approximate surface area is 121 Å². The van der Waals surface area contributed by atoms with Crippen LogP contribution in [0.25, 0.3) is 0 Å². The van der Waals surface area contributed by atoms with Gasteiger partial charge in [-0.25, -0.2) is 18.5 Å². The van der Waals surface area contributed by atoms with E-state index in [9.17, 15) is 23.3 Å². The van der Waals surface area contributed by atoms with Gasteiger partial charge in [0.05, 0.1) is 10.7 Å². The minimum atomic E-state index is -3.65. The van der Waals surface area contributed by atoms with E-state index in [1.165, 1.54) is 24.0 Å². The lowest BCUT2D eigenvalue weighted by Crippen LogP contribution is -2.28. The van der Waals surface area contributed by atoms with Crippen LogP contribution in [0, 0.1) is 23.0 Å². The van der Waals surface area contributed by atoms with Crippen molar-refractivity contribution in [2.75, 3.05) is 17.2 Å². The molecule has 1 aromatic heterocycles. The van der Waals surface area contributed by atoms with E-state index in [0.29, 0.717) is 0 Å². The second-order valence-corrected chi connectivity index (χ2v) is 6.59. The molecule has 1 aliphatic heterocycles. The van der Waals surface area contributed by atoms with Gasteiger partial charge in [0.1, 0.15) is 11.5 Å². The number of aromatic nitrogens is 1. The first-order valence-corrected chi connectivity index (χ1v) is 7.82. The summed E-state index contributed by atoms with van der Waals surface area (Å²) in [4.78, 5) is 27.5. The number of anilines is 1. The van der Waals surface area contributed by atoms with Gasteiger partial charge in [-0.05, 0) is 13.0 Å². The summed E-state index contributed by atoms with van der Waals surface area (Å²) in [5.74, 6) is -0.671. The van der Waals surface area contributed by atoms with Gasteiger partial charge in [-0.2, -0.15) is 0 Å². The van der Waals surface area contributed by atoms with Gasteiger partial charge in [0, 0.05) is 24.9 Å². The number of nitrogens with two attached hydrogens (primary N) is 1. The molecular formula is C11H14N4O5S.